The summed E-state index contributed by atoms with van der Waals surface area (Å²) in [5, 5.41) is 3.06. The molecule has 1 atom stereocenters. The van der Waals surface area contributed by atoms with Crippen LogP contribution in [0, 0.1) is 5.92 Å². The predicted molar refractivity (Wildman–Crippen MR) is 77.7 cm³/mol. The van der Waals surface area contributed by atoms with Crippen molar-refractivity contribution in [3.63, 3.8) is 0 Å². The number of benzene rings is 1. The van der Waals surface area contributed by atoms with Crippen molar-refractivity contribution >= 4 is 5.69 Å². The first-order chi connectivity index (χ1) is 9.77. The van der Waals surface area contributed by atoms with E-state index in [1.54, 1.807) is 0 Å². The molecule has 1 aliphatic rings. The van der Waals surface area contributed by atoms with E-state index in [1.165, 1.54) is 12.1 Å². The van der Waals surface area contributed by atoms with Gasteiger partial charge >= 0.3 is 6.18 Å². The number of nitrogens with two attached hydrogens (primary N) is 1. The molecule has 0 aliphatic carbocycles. The van der Waals surface area contributed by atoms with Gasteiger partial charge in [-0.25, -0.2) is 0 Å². The maximum absolute atomic E-state index is 12.6. The first-order valence-corrected chi connectivity index (χ1v) is 6.92. The van der Waals surface area contributed by atoms with Gasteiger partial charge in [0.05, 0.1) is 11.4 Å². The quantitative estimate of drug-likeness (QED) is 0.898. The van der Waals surface area contributed by atoms with Gasteiger partial charge in [0.2, 0.25) is 0 Å². The van der Waals surface area contributed by atoms with Crippen LogP contribution < -0.4 is 16.0 Å². The van der Waals surface area contributed by atoms with Crippen molar-refractivity contribution in [2.24, 2.45) is 11.7 Å². The molecule has 1 aliphatic heterocycles. The van der Waals surface area contributed by atoms with Gasteiger partial charge in [0.15, 0.2) is 0 Å². The normalized spacial score (nSPS) is 18.6. The van der Waals surface area contributed by atoms with E-state index in [2.05, 4.69) is 10.2 Å². The molecule has 0 aromatic heterocycles. The molecule has 0 saturated heterocycles. The third kappa shape index (κ3) is 3.83. The van der Waals surface area contributed by atoms with E-state index >= 15 is 0 Å². The third-order valence-corrected chi connectivity index (χ3v) is 3.56. The lowest BCUT2D eigenvalue weighted by atomic mass is 10.1. The highest BCUT2D eigenvalue weighted by molar-refractivity contribution is 5.49. The van der Waals surface area contributed by atoms with Gasteiger partial charge in [-0.2, -0.15) is 13.2 Å². The summed E-state index contributed by atoms with van der Waals surface area (Å²) in [6.45, 7) is 5.52. The van der Waals surface area contributed by atoms with Gasteiger partial charge in [0.1, 0.15) is 0 Å². The highest BCUT2D eigenvalue weighted by atomic mass is 19.4. The number of rotatable bonds is 4. The molecule has 2 rings (SSSR count). The van der Waals surface area contributed by atoms with E-state index in [0.29, 0.717) is 5.82 Å². The Morgan fingerprint density at radius 3 is 2.33 bits per heavy atom. The highest BCUT2D eigenvalue weighted by Gasteiger charge is 2.30. The Bertz CT molecular complexity index is 506. The minimum Gasteiger partial charge on any atom is -0.386 e. The Hall–Kier alpha value is -1.85. The highest BCUT2D eigenvalue weighted by Crippen LogP contribution is 2.31. The zero-order chi connectivity index (χ0) is 15.6. The smallest absolute Gasteiger partial charge is 0.386 e. The zero-order valence-corrected chi connectivity index (χ0v) is 12.1. The maximum Gasteiger partial charge on any atom is 0.416 e. The van der Waals surface area contributed by atoms with Gasteiger partial charge in [0, 0.05) is 30.7 Å². The van der Waals surface area contributed by atoms with Gasteiger partial charge in [0.25, 0.3) is 0 Å². The number of hydrogen-bond donors (Lipinski definition) is 2. The molecule has 21 heavy (non-hydrogen) atoms. The average molecular weight is 299 g/mol. The summed E-state index contributed by atoms with van der Waals surface area (Å²) in [4.78, 5) is 2.08. The van der Waals surface area contributed by atoms with Crippen LogP contribution in [0.15, 0.2) is 36.2 Å². The minimum atomic E-state index is -4.30. The van der Waals surface area contributed by atoms with Gasteiger partial charge in [-0.1, -0.05) is 0 Å². The summed E-state index contributed by atoms with van der Waals surface area (Å²) in [6, 6.07) is 5.50. The Balaban J connectivity index is 2.15. The molecule has 116 valence electrons. The molecule has 1 heterocycles. The van der Waals surface area contributed by atoms with E-state index in [9.17, 15) is 13.2 Å². The number of nitrogens with one attached hydrogen (secondary N) is 1. The predicted octanol–water partition coefficient (Wildman–Crippen LogP) is 2.94. The summed E-state index contributed by atoms with van der Waals surface area (Å²) in [5.41, 5.74) is 5.86. The lowest BCUT2D eigenvalue weighted by Gasteiger charge is -2.31. The fourth-order valence-electron chi connectivity index (χ4n) is 2.45. The lowest BCUT2D eigenvalue weighted by molar-refractivity contribution is -0.137. The number of nitrogens with zero attached hydrogens (tertiary/aromatic N) is 1. The fourth-order valence-corrected chi connectivity index (χ4v) is 2.45. The van der Waals surface area contributed by atoms with Crippen LogP contribution in [0.4, 0.5) is 18.9 Å². The van der Waals surface area contributed by atoms with Crippen molar-refractivity contribution in [1.29, 1.82) is 0 Å². The number of hydrogen-bond acceptors (Lipinski definition) is 3. The monoisotopic (exact) mass is 299 g/mol. The maximum atomic E-state index is 12.6. The standard InChI is InChI=1S/C15H20F3N3/c1-10(2)21(9-11-7-14(19)20-8-11)13-5-3-12(4-6-13)15(16,17)18/h3-7,10-11,20H,8-9,19H2,1-2H3/t11-/m1/s1. The molecular formula is C15H20F3N3. The van der Waals surface area contributed by atoms with E-state index in [0.717, 1.165) is 30.9 Å². The van der Waals surface area contributed by atoms with Crippen molar-refractivity contribution < 1.29 is 13.2 Å². The molecule has 3 N–H and O–H groups in total. The summed E-state index contributed by atoms with van der Waals surface area (Å²) in [7, 11) is 0. The first kappa shape index (κ1) is 15.5. The van der Waals surface area contributed by atoms with Gasteiger partial charge in [-0.15, -0.1) is 0 Å². The summed E-state index contributed by atoms with van der Waals surface area (Å²) < 4.78 is 37.8. The minimum absolute atomic E-state index is 0.192. The fraction of sp³-hybridized carbons (Fsp3) is 0.467. The van der Waals surface area contributed by atoms with E-state index in [1.807, 2.05) is 19.9 Å². The number of halogens is 3. The van der Waals surface area contributed by atoms with Crippen molar-refractivity contribution in [3.8, 4) is 0 Å². The van der Waals surface area contributed by atoms with Crippen LogP contribution >= 0.6 is 0 Å². The molecule has 0 unspecified atom stereocenters. The van der Waals surface area contributed by atoms with Crippen LogP contribution in [0.5, 0.6) is 0 Å². The van der Waals surface area contributed by atoms with Crippen molar-refractivity contribution in [3.05, 3.63) is 41.7 Å². The Morgan fingerprint density at radius 1 is 1.29 bits per heavy atom. The van der Waals surface area contributed by atoms with Crippen LogP contribution in [-0.2, 0) is 6.18 Å². The van der Waals surface area contributed by atoms with Crippen LogP contribution in [-0.4, -0.2) is 19.1 Å². The largest absolute Gasteiger partial charge is 0.416 e. The topological polar surface area (TPSA) is 41.3 Å². The average Bonchev–Trinajstić information content (AvgIpc) is 2.80. The molecule has 0 amide bonds. The second-order valence-electron chi connectivity index (χ2n) is 5.55. The van der Waals surface area contributed by atoms with Crippen LogP contribution in [0.3, 0.4) is 0 Å². The molecule has 0 saturated carbocycles. The van der Waals surface area contributed by atoms with Crippen molar-refractivity contribution in [2.45, 2.75) is 26.1 Å². The molecule has 0 radical (unpaired) electrons. The summed E-state index contributed by atoms with van der Waals surface area (Å²) in [6.07, 6.45) is -2.34. The van der Waals surface area contributed by atoms with Gasteiger partial charge in [-0.3, -0.25) is 0 Å². The molecule has 1 aromatic carbocycles. The van der Waals surface area contributed by atoms with Crippen molar-refractivity contribution in [1.82, 2.24) is 5.32 Å². The molecule has 6 heteroatoms. The number of alkyl halides is 3. The molecule has 0 spiro atoms. The summed E-state index contributed by atoms with van der Waals surface area (Å²) in [5.74, 6) is 0.922. The number of anilines is 1. The van der Waals surface area contributed by atoms with Crippen molar-refractivity contribution in [2.75, 3.05) is 18.0 Å². The second-order valence-corrected chi connectivity index (χ2v) is 5.55. The lowest BCUT2D eigenvalue weighted by Crippen LogP contribution is -2.36. The molecule has 1 aromatic rings. The molecule has 3 nitrogen and oxygen atoms in total. The Labute approximate surface area is 122 Å². The van der Waals surface area contributed by atoms with Crippen LogP contribution in [0.25, 0.3) is 0 Å². The zero-order valence-electron chi connectivity index (χ0n) is 12.1. The molecule has 0 bridgehead atoms. The third-order valence-electron chi connectivity index (χ3n) is 3.56. The van der Waals surface area contributed by atoms with Crippen LogP contribution in [0.2, 0.25) is 0 Å². The van der Waals surface area contributed by atoms with E-state index < -0.39 is 11.7 Å². The SMILES string of the molecule is CC(C)N(C[C@@H]1C=C(N)NC1)c1ccc(C(F)(F)F)cc1. The second kappa shape index (κ2) is 5.87. The Morgan fingerprint density at radius 2 is 1.90 bits per heavy atom. The first-order valence-electron chi connectivity index (χ1n) is 6.92. The van der Waals surface area contributed by atoms with E-state index in [4.69, 9.17) is 5.73 Å². The molecule has 0 fully saturated rings. The van der Waals surface area contributed by atoms with Crippen LogP contribution in [0.1, 0.15) is 19.4 Å². The summed E-state index contributed by atoms with van der Waals surface area (Å²) >= 11 is 0. The molecular weight excluding hydrogens is 279 g/mol. The van der Waals surface area contributed by atoms with E-state index in [-0.39, 0.29) is 12.0 Å². The van der Waals surface area contributed by atoms with Gasteiger partial charge in [-0.05, 0) is 44.2 Å². The Kier molecular flexibility index (Phi) is 4.34. The van der Waals surface area contributed by atoms with Gasteiger partial charge < -0.3 is 16.0 Å².